The zero-order chi connectivity index (χ0) is 19.8. The number of hydrogen-bond acceptors (Lipinski definition) is 7. The first-order valence-corrected chi connectivity index (χ1v) is 10.0. The topological polar surface area (TPSA) is 94.7 Å². The minimum Gasteiger partial charge on any atom is -0.490 e. The van der Waals surface area contributed by atoms with E-state index in [0.29, 0.717) is 47.9 Å². The largest absolute Gasteiger partial charge is 0.490 e. The van der Waals surface area contributed by atoms with Crippen LogP contribution < -0.4 is 9.47 Å². The van der Waals surface area contributed by atoms with E-state index in [1.165, 1.54) is 11.3 Å². The Morgan fingerprint density at radius 3 is 2.79 bits per heavy atom. The number of benzene rings is 1. The van der Waals surface area contributed by atoms with Crippen LogP contribution in [0, 0.1) is 0 Å². The number of thiophene rings is 1. The molecule has 3 aromatic heterocycles. The highest BCUT2D eigenvalue weighted by Crippen LogP contribution is 2.33. The summed E-state index contributed by atoms with van der Waals surface area (Å²) in [4.78, 5) is 17.3. The van der Waals surface area contributed by atoms with Crippen LogP contribution in [0.4, 0.5) is 0 Å². The fraction of sp³-hybridized carbons (Fsp3) is 0.190. The first-order chi connectivity index (χ1) is 14.2. The van der Waals surface area contributed by atoms with Gasteiger partial charge in [-0.2, -0.15) is 0 Å². The second-order valence-corrected chi connectivity index (χ2v) is 7.60. The smallest absolute Gasteiger partial charge is 0.336 e. The van der Waals surface area contributed by atoms with Gasteiger partial charge in [0.2, 0.25) is 0 Å². The Morgan fingerprint density at radius 1 is 1.14 bits per heavy atom. The van der Waals surface area contributed by atoms with Gasteiger partial charge in [0.1, 0.15) is 0 Å². The Labute approximate surface area is 169 Å². The summed E-state index contributed by atoms with van der Waals surface area (Å²) in [6.07, 6.45) is 1.22. The molecule has 0 amide bonds. The molecule has 8 heteroatoms. The lowest BCUT2D eigenvalue weighted by Gasteiger charge is -2.09. The van der Waals surface area contributed by atoms with Crippen LogP contribution in [-0.4, -0.2) is 34.4 Å². The van der Waals surface area contributed by atoms with Crippen LogP contribution in [0.15, 0.2) is 46.3 Å². The molecule has 0 bridgehead atoms. The number of aromatic nitrogens is 2. The lowest BCUT2D eigenvalue weighted by molar-refractivity contribution is 0.0699. The molecule has 5 rings (SSSR count). The highest BCUT2D eigenvalue weighted by atomic mass is 32.1. The third kappa shape index (κ3) is 3.31. The number of carbonyl (C=O) groups is 1. The molecule has 0 saturated heterocycles. The molecule has 0 radical (unpaired) electrons. The highest BCUT2D eigenvalue weighted by molar-refractivity contribution is 7.13. The van der Waals surface area contributed by atoms with Gasteiger partial charge in [0, 0.05) is 12.8 Å². The van der Waals surface area contributed by atoms with Gasteiger partial charge in [-0.15, -0.1) is 11.3 Å². The molecule has 0 unspecified atom stereocenters. The molecule has 4 aromatic rings. The number of pyridine rings is 1. The second-order valence-electron chi connectivity index (χ2n) is 6.66. The Balaban J connectivity index is 1.56. The number of hydrogen-bond donors (Lipinski definition) is 1. The van der Waals surface area contributed by atoms with Gasteiger partial charge in [-0.05, 0) is 35.2 Å². The summed E-state index contributed by atoms with van der Waals surface area (Å²) in [6, 6.07) is 11.0. The summed E-state index contributed by atoms with van der Waals surface area (Å²) in [7, 11) is 0. The third-order valence-corrected chi connectivity index (χ3v) is 5.60. The number of aromatic carboxylic acids is 1. The third-order valence-electron chi connectivity index (χ3n) is 4.70. The number of rotatable bonds is 4. The molecule has 0 atom stereocenters. The molecule has 0 spiro atoms. The number of ether oxygens (including phenoxy) is 2. The van der Waals surface area contributed by atoms with E-state index in [1.807, 2.05) is 35.7 Å². The van der Waals surface area contributed by atoms with E-state index < -0.39 is 5.97 Å². The Morgan fingerprint density at radius 2 is 2.00 bits per heavy atom. The molecular weight excluding hydrogens is 392 g/mol. The standard InChI is InChI=1S/C21H16N2O5S/c24-21(25)13-11-14(18-3-1-8-29-18)22-20-19(13)15(23-28-20)9-12-4-5-16-17(10-12)27-7-2-6-26-16/h1,3-5,8,10-11H,2,6-7,9H2,(H,24,25). The van der Waals surface area contributed by atoms with Crippen molar-refractivity contribution in [1.82, 2.24) is 10.1 Å². The maximum absolute atomic E-state index is 11.9. The highest BCUT2D eigenvalue weighted by Gasteiger charge is 2.21. The van der Waals surface area contributed by atoms with Crippen molar-refractivity contribution in [1.29, 1.82) is 0 Å². The molecule has 29 heavy (non-hydrogen) atoms. The minimum absolute atomic E-state index is 0.129. The van der Waals surface area contributed by atoms with Crippen LogP contribution in [-0.2, 0) is 6.42 Å². The second kappa shape index (κ2) is 7.21. The van der Waals surface area contributed by atoms with Crippen molar-refractivity contribution in [3.05, 3.63) is 58.6 Å². The van der Waals surface area contributed by atoms with Crippen molar-refractivity contribution < 1.29 is 23.9 Å². The molecule has 4 heterocycles. The molecule has 1 N–H and O–H groups in total. The van der Waals surface area contributed by atoms with Crippen LogP contribution in [0.2, 0.25) is 0 Å². The van der Waals surface area contributed by atoms with Gasteiger partial charge >= 0.3 is 5.97 Å². The van der Waals surface area contributed by atoms with Crippen molar-refractivity contribution in [3.8, 4) is 22.1 Å². The van der Waals surface area contributed by atoms with Gasteiger partial charge in [-0.1, -0.05) is 17.3 Å². The number of nitrogens with zero attached hydrogens (tertiary/aromatic N) is 2. The predicted octanol–water partition coefficient (Wildman–Crippen LogP) is 4.40. The molecule has 0 fully saturated rings. The summed E-state index contributed by atoms with van der Waals surface area (Å²) < 4.78 is 16.8. The van der Waals surface area contributed by atoms with Gasteiger partial charge < -0.3 is 19.1 Å². The zero-order valence-electron chi connectivity index (χ0n) is 15.3. The lowest BCUT2D eigenvalue weighted by Crippen LogP contribution is -2.01. The Bertz CT molecular complexity index is 1200. The van der Waals surface area contributed by atoms with Crippen LogP contribution >= 0.6 is 11.3 Å². The number of carboxylic acids is 1. The van der Waals surface area contributed by atoms with Crippen LogP contribution in [0.3, 0.4) is 0 Å². The van der Waals surface area contributed by atoms with E-state index in [0.717, 1.165) is 16.9 Å². The molecule has 146 valence electrons. The lowest BCUT2D eigenvalue weighted by atomic mass is 10.0. The number of fused-ring (bicyclic) bond motifs is 2. The summed E-state index contributed by atoms with van der Waals surface area (Å²) in [5, 5.41) is 16.2. The van der Waals surface area contributed by atoms with Crippen LogP contribution in [0.25, 0.3) is 21.7 Å². The molecule has 0 aliphatic carbocycles. The van der Waals surface area contributed by atoms with Crippen molar-refractivity contribution in [2.45, 2.75) is 12.8 Å². The Hall–Kier alpha value is -3.39. The molecule has 1 aliphatic heterocycles. The Kier molecular flexibility index (Phi) is 4.40. The summed E-state index contributed by atoms with van der Waals surface area (Å²) in [5.41, 5.74) is 2.35. The summed E-state index contributed by atoms with van der Waals surface area (Å²) >= 11 is 1.49. The van der Waals surface area contributed by atoms with E-state index in [2.05, 4.69) is 10.1 Å². The first kappa shape index (κ1) is 17.7. The minimum atomic E-state index is -1.04. The monoisotopic (exact) mass is 408 g/mol. The van der Waals surface area contributed by atoms with E-state index >= 15 is 0 Å². The van der Waals surface area contributed by atoms with Gasteiger partial charge in [0.15, 0.2) is 11.5 Å². The van der Waals surface area contributed by atoms with Gasteiger partial charge in [-0.3, -0.25) is 0 Å². The fourth-order valence-corrected chi connectivity index (χ4v) is 4.05. The normalized spacial score (nSPS) is 13.4. The maximum Gasteiger partial charge on any atom is 0.336 e. The van der Waals surface area contributed by atoms with E-state index in [1.54, 1.807) is 6.07 Å². The molecule has 1 aliphatic rings. The maximum atomic E-state index is 11.9. The van der Waals surface area contributed by atoms with Crippen molar-refractivity contribution >= 4 is 28.4 Å². The quantitative estimate of drug-likeness (QED) is 0.535. The van der Waals surface area contributed by atoms with Crippen LogP contribution in [0.1, 0.15) is 28.0 Å². The van der Waals surface area contributed by atoms with E-state index in [9.17, 15) is 9.90 Å². The molecule has 1 aromatic carbocycles. The summed E-state index contributed by atoms with van der Waals surface area (Å²) in [5.74, 6) is 0.354. The van der Waals surface area contributed by atoms with Crippen LogP contribution in [0.5, 0.6) is 11.5 Å². The van der Waals surface area contributed by atoms with Crippen molar-refractivity contribution in [3.63, 3.8) is 0 Å². The molecule has 7 nitrogen and oxygen atoms in total. The fourth-order valence-electron chi connectivity index (χ4n) is 3.36. The first-order valence-electron chi connectivity index (χ1n) is 9.14. The SMILES string of the molecule is O=C(O)c1cc(-c2cccs2)nc2onc(Cc3ccc4c(c3)OCCCO4)c12. The van der Waals surface area contributed by atoms with Gasteiger partial charge in [0.25, 0.3) is 5.71 Å². The van der Waals surface area contributed by atoms with E-state index in [4.69, 9.17) is 14.0 Å². The average molecular weight is 408 g/mol. The van der Waals surface area contributed by atoms with E-state index in [-0.39, 0.29) is 11.3 Å². The molecule has 0 saturated carbocycles. The average Bonchev–Trinajstić information content (AvgIpc) is 3.33. The molecular formula is C21H16N2O5S. The summed E-state index contributed by atoms with van der Waals surface area (Å²) in [6.45, 7) is 1.22. The van der Waals surface area contributed by atoms with Crippen molar-refractivity contribution in [2.24, 2.45) is 0 Å². The zero-order valence-corrected chi connectivity index (χ0v) is 16.1. The van der Waals surface area contributed by atoms with Crippen molar-refractivity contribution in [2.75, 3.05) is 13.2 Å². The van der Waals surface area contributed by atoms with Gasteiger partial charge in [0.05, 0.1) is 40.4 Å². The number of carboxylic acid groups (broad SMARTS) is 1. The van der Waals surface area contributed by atoms with Gasteiger partial charge in [-0.25, -0.2) is 9.78 Å². The predicted molar refractivity (Wildman–Crippen MR) is 107 cm³/mol.